The van der Waals surface area contributed by atoms with Crippen molar-refractivity contribution in [1.29, 1.82) is 0 Å². The number of hydrogen-bond donors (Lipinski definition) is 2. The third-order valence-corrected chi connectivity index (χ3v) is 5.88. The van der Waals surface area contributed by atoms with E-state index in [9.17, 15) is 4.79 Å². The van der Waals surface area contributed by atoms with Gasteiger partial charge in [-0.1, -0.05) is 24.3 Å². The minimum Gasteiger partial charge on any atom is -0.352 e. The van der Waals surface area contributed by atoms with E-state index in [2.05, 4.69) is 41.8 Å². The van der Waals surface area contributed by atoms with E-state index in [1.165, 1.54) is 11.1 Å². The number of aryl methyl sites for hydroxylation is 1. The van der Waals surface area contributed by atoms with Crippen molar-refractivity contribution in [2.75, 3.05) is 6.54 Å². The summed E-state index contributed by atoms with van der Waals surface area (Å²) in [6, 6.07) is 9.40. The van der Waals surface area contributed by atoms with Gasteiger partial charge in [-0.25, -0.2) is 0 Å². The Labute approximate surface area is 126 Å². The smallest absolute Gasteiger partial charge is 0.224 e. The van der Waals surface area contributed by atoms with Crippen LogP contribution in [-0.4, -0.2) is 24.5 Å². The molecule has 2 N–H and O–H groups in total. The minimum absolute atomic E-state index is 0.173. The zero-order valence-corrected chi connectivity index (χ0v) is 12.7. The Balaban J connectivity index is 1.46. The van der Waals surface area contributed by atoms with Gasteiger partial charge >= 0.3 is 0 Å². The first-order valence-electron chi connectivity index (χ1n) is 8.33. The quantitative estimate of drug-likeness (QED) is 0.873. The number of hydrogen-bond acceptors (Lipinski definition) is 2. The van der Waals surface area contributed by atoms with Gasteiger partial charge in [0.05, 0.1) is 0 Å². The van der Waals surface area contributed by atoms with Gasteiger partial charge in [-0.05, 0) is 56.7 Å². The van der Waals surface area contributed by atoms with Crippen molar-refractivity contribution in [3.8, 4) is 0 Å². The lowest BCUT2D eigenvalue weighted by atomic mass is 9.94. The topological polar surface area (TPSA) is 41.1 Å². The predicted molar refractivity (Wildman–Crippen MR) is 83.2 cm³/mol. The predicted octanol–water partition coefficient (Wildman–Crippen LogP) is 2.15. The summed E-state index contributed by atoms with van der Waals surface area (Å²) >= 11 is 0. The van der Waals surface area contributed by atoms with Crippen molar-refractivity contribution in [1.82, 2.24) is 10.6 Å². The SMILES string of the molecule is CC1NCCCC1NC(=O)C1CC12CCc1ccccc12. The van der Waals surface area contributed by atoms with Crippen LogP contribution in [0.15, 0.2) is 24.3 Å². The van der Waals surface area contributed by atoms with E-state index in [4.69, 9.17) is 0 Å². The van der Waals surface area contributed by atoms with Crippen molar-refractivity contribution >= 4 is 5.91 Å². The van der Waals surface area contributed by atoms with E-state index in [-0.39, 0.29) is 17.2 Å². The fraction of sp³-hybridized carbons (Fsp3) is 0.611. The van der Waals surface area contributed by atoms with Crippen LogP contribution in [0.2, 0.25) is 0 Å². The summed E-state index contributed by atoms with van der Waals surface area (Å²) in [6.45, 7) is 3.26. The molecule has 1 saturated carbocycles. The Bertz CT molecular complexity index is 570. The fourth-order valence-corrected chi connectivity index (χ4v) is 4.46. The Morgan fingerprint density at radius 1 is 1.38 bits per heavy atom. The van der Waals surface area contributed by atoms with E-state index in [0.717, 1.165) is 38.6 Å². The molecule has 2 fully saturated rings. The summed E-state index contributed by atoms with van der Waals surface area (Å²) in [7, 11) is 0. The zero-order valence-electron chi connectivity index (χ0n) is 12.7. The van der Waals surface area contributed by atoms with Crippen molar-refractivity contribution in [2.24, 2.45) is 5.92 Å². The minimum atomic E-state index is 0.173. The maximum atomic E-state index is 12.7. The molecule has 4 unspecified atom stereocenters. The number of fused-ring (bicyclic) bond motifs is 2. The van der Waals surface area contributed by atoms with E-state index in [0.29, 0.717) is 12.1 Å². The van der Waals surface area contributed by atoms with Gasteiger partial charge in [0.15, 0.2) is 0 Å². The average molecular weight is 284 g/mol. The first-order valence-corrected chi connectivity index (χ1v) is 8.33. The molecule has 0 bridgehead atoms. The second-order valence-corrected chi connectivity index (χ2v) is 7.07. The van der Waals surface area contributed by atoms with Crippen LogP contribution >= 0.6 is 0 Å². The Hall–Kier alpha value is -1.35. The van der Waals surface area contributed by atoms with E-state index in [1.807, 2.05) is 0 Å². The number of piperidine rings is 1. The van der Waals surface area contributed by atoms with E-state index < -0.39 is 0 Å². The first kappa shape index (κ1) is 13.3. The Morgan fingerprint density at radius 2 is 2.24 bits per heavy atom. The number of nitrogens with one attached hydrogen (secondary N) is 2. The molecule has 1 spiro atoms. The first-order chi connectivity index (χ1) is 10.2. The maximum absolute atomic E-state index is 12.7. The summed E-state index contributed by atoms with van der Waals surface area (Å²) in [5, 5.41) is 6.77. The maximum Gasteiger partial charge on any atom is 0.224 e. The van der Waals surface area contributed by atoms with Gasteiger partial charge in [0.25, 0.3) is 0 Å². The summed E-state index contributed by atoms with van der Waals surface area (Å²) in [5.74, 6) is 0.488. The van der Waals surface area contributed by atoms with E-state index >= 15 is 0 Å². The molecule has 21 heavy (non-hydrogen) atoms. The van der Waals surface area contributed by atoms with Gasteiger partial charge in [0.2, 0.25) is 5.91 Å². The van der Waals surface area contributed by atoms with Crippen molar-refractivity contribution in [2.45, 2.75) is 56.5 Å². The molecule has 1 saturated heterocycles. The monoisotopic (exact) mass is 284 g/mol. The lowest BCUT2D eigenvalue weighted by Crippen LogP contribution is -2.52. The largest absolute Gasteiger partial charge is 0.352 e. The summed E-state index contributed by atoms with van der Waals surface area (Å²) in [5.41, 5.74) is 3.08. The van der Waals surface area contributed by atoms with Gasteiger partial charge in [-0.2, -0.15) is 0 Å². The summed E-state index contributed by atoms with van der Waals surface area (Å²) in [4.78, 5) is 12.7. The summed E-state index contributed by atoms with van der Waals surface area (Å²) in [6.07, 6.45) is 5.61. The van der Waals surface area contributed by atoms with Crippen LogP contribution in [0.5, 0.6) is 0 Å². The molecule has 3 aliphatic rings. The summed E-state index contributed by atoms with van der Waals surface area (Å²) < 4.78 is 0. The molecule has 4 rings (SSSR count). The van der Waals surface area contributed by atoms with Crippen molar-refractivity contribution in [3.63, 3.8) is 0 Å². The van der Waals surface area contributed by atoms with Crippen LogP contribution in [-0.2, 0) is 16.6 Å². The molecule has 112 valence electrons. The molecular weight excluding hydrogens is 260 g/mol. The second-order valence-electron chi connectivity index (χ2n) is 7.07. The van der Waals surface area contributed by atoms with Gasteiger partial charge in [-0.3, -0.25) is 4.79 Å². The molecule has 1 aromatic rings. The number of carbonyl (C=O) groups is 1. The van der Waals surface area contributed by atoms with Gasteiger partial charge in [0, 0.05) is 23.4 Å². The Kier molecular flexibility index (Phi) is 3.07. The molecule has 4 atom stereocenters. The molecular formula is C18H24N2O. The zero-order chi connectivity index (χ0) is 14.4. The third-order valence-electron chi connectivity index (χ3n) is 5.88. The number of amides is 1. The normalized spacial score (nSPS) is 37.3. The molecule has 1 aliphatic heterocycles. The highest BCUT2D eigenvalue weighted by atomic mass is 16.2. The van der Waals surface area contributed by atoms with Crippen LogP contribution in [0.3, 0.4) is 0 Å². The van der Waals surface area contributed by atoms with Crippen molar-refractivity contribution < 1.29 is 4.79 Å². The average Bonchev–Trinajstić information content (AvgIpc) is 3.12. The molecule has 3 heteroatoms. The van der Waals surface area contributed by atoms with Crippen LogP contribution in [0.4, 0.5) is 0 Å². The lowest BCUT2D eigenvalue weighted by Gasteiger charge is -2.31. The van der Waals surface area contributed by atoms with Crippen molar-refractivity contribution in [3.05, 3.63) is 35.4 Å². The number of carbonyl (C=O) groups excluding carboxylic acids is 1. The molecule has 0 aromatic heterocycles. The van der Waals surface area contributed by atoms with Gasteiger partial charge in [-0.15, -0.1) is 0 Å². The highest BCUT2D eigenvalue weighted by Crippen LogP contribution is 2.61. The standard InChI is InChI=1S/C18H24N2O/c1-12-16(7-4-10-19-12)20-17(21)15-11-18(15)9-8-13-5-2-3-6-14(13)18/h2-3,5-6,12,15-16,19H,4,7-11H2,1H3,(H,20,21). The third kappa shape index (κ3) is 2.10. The number of rotatable bonds is 2. The molecule has 1 amide bonds. The molecule has 2 aliphatic carbocycles. The van der Waals surface area contributed by atoms with Gasteiger partial charge in [0.1, 0.15) is 0 Å². The van der Waals surface area contributed by atoms with Crippen LogP contribution in [0, 0.1) is 5.92 Å². The highest BCUT2D eigenvalue weighted by molar-refractivity contribution is 5.85. The lowest BCUT2D eigenvalue weighted by molar-refractivity contribution is -0.123. The Morgan fingerprint density at radius 3 is 3.10 bits per heavy atom. The molecule has 1 heterocycles. The molecule has 1 aromatic carbocycles. The van der Waals surface area contributed by atoms with Crippen LogP contribution in [0.1, 0.15) is 43.7 Å². The molecule has 3 nitrogen and oxygen atoms in total. The molecule has 0 radical (unpaired) electrons. The fourth-order valence-electron chi connectivity index (χ4n) is 4.46. The second kappa shape index (κ2) is 4.84. The van der Waals surface area contributed by atoms with Crippen LogP contribution < -0.4 is 10.6 Å². The van der Waals surface area contributed by atoms with Crippen LogP contribution in [0.25, 0.3) is 0 Å². The van der Waals surface area contributed by atoms with Gasteiger partial charge < -0.3 is 10.6 Å². The van der Waals surface area contributed by atoms with E-state index in [1.54, 1.807) is 0 Å². The highest BCUT2D eigenvalue weighted by Gasteiger charge is 2.61. The number of benzene rings is 1.